The molecular weight excluding hydrogens is 316 g/mol. The number of ether oxygens (including phenoxy) is 2. The van der Waals surface area contributed by atoms with Gasteiger partial charge in [0.25, 0.3) is 0 Å². The van der Waals surface area contributed by atoms with Gasteiger partial charge in [-0.1, -0.05) is 12.1 Å². The van der Waals surface area contributed by atoms with Gasteiger partial charge in [0.05, 0.1) is 5.52 Å². The predicted molar refractivity (Wildman–Crippen MR) is 96.8 cm³/mol. The van der Waals surface area contributed by atoms with E-state index in [1.165, 1.54) is 12.8 Å². The third-order valence-electron chi connectivity index (χ3n) is 4.62. The normalized spacial score (nSPS) is 15.8. The number of anilines is 3. The lowest BCUT2D eigenvalue weighted by Crippen LogP contribution is -2.20. The Morgan fingerprint density at radius 2 is 1.76 bits per heavy atom. The van der Waals surface area contributed by atoms with Crippen molar-refractivity contribution >= 4 is 28.4 Å². The quantitative estimate of drug-likeness (QED) is 0.788. The minimum absolute atomic E-state index is 0.268. The molecule has 1 N–H and O–H groups in total. The summed E-state index contributed by atoms with van der Waals surface area (Å²) in [7, 11) is 0. The van der Waals surface area contributed by atoms with Crippen molar-refractivity contribution in [2.24, 2.45) is 0 Å². The third kappa shape index (κ3) is 2.59. The fourth-order valence-corrected chi connectivity index (χ4v) is 3.39. The van der Waals surface area contributed by atoms with Gasteiger partial charge in [0.15, 0.2) is 11.5 Å². The Labute approximate surface area is 145 Å². The predicted octanol–water partition coefficient (Wildman–Crippen LogP) is 3.70. The van der Waals surface area contributed by atoms with Crippen molar-refractivity contribution in [3.05, 3.63) is 42.5 Å². The highest BCUT2D eigenvalue weighted by atomic mass is 16.7. The fraction of sp³-hybridized carbons (Fsp3) is 0.263. The van der Waals surface area contributed by atoms with Crippen LogP contribution in [0, 0.1) is 0 Å². The van der Waals surface area contributed by atoms with Crippen molar-refractivity contribution < 1.29 is 9.47 Å². The maximum atomic E-state index is 5.44. The second-order valence-corrected chi connectivity index (χ2v) is 6.28. The average molecular weight is 334 g/mol. The standard InChI is InChI=1S/C19H18N4O2/c1-2-6-15-14(5-1)18(23-9-3-4-10-23)22-19(21-15)20-13-7-8-16-17(11-13)25-12-24-16/h1-2,5-8,11H,3-4,9-10,12H2,(H,20,21,22). The van der Waals surface area contributed by atoms with Crippen LogP contribution in [0.4, 0.5) is 17.5 Å². The van der Waals surface area contributed by atoms with E-state index in [0.717, 1.165) is 47.0 Å². The van der Waals surface area contributed by atoms with Crippen molar-refractivity contribution in [2.45, 2.75) is 12.8 Å². The lowest BCUT2D eigenvalue weighted by molar-refractivity contribution is 0.174. The Hall–Kier alpha value is -3.02. The van der Waals surface area contributed by atoms with Gasteiger partial charge in [-0.25, -0.2) is 4.98 Å². The summed E-state index contributed by atoms with van der Waals surface area (Å²) in [6.07, 6.45) is 2.42. The number of nitrogens with zero attached hydrogens (tertiary/aromatic N) is 3. The Balaban J connectivity index is 1.54. The summed E-state index contributed by atoms with van der Waals surface area (Å²) in [6.45, 7) is 2.36. The van der Waals surface area contributed by atoms with Crippen LogP contribution >= 0.6 is 0 Å². The molecule has 0 saturated carbocycles. The fourth-order valence-electron chi connectivity index (χ4n) is 3.39. The molecule has 3 aromatic rings. The highest BCUT2D eigenvalue weighted by Gasteiger charge is 2.19. The lowest BCUT2D eigenvalue weighted by atomic mass is 10.2. The van der Waals surface area contributed by atoms with Crippen molar-refractivity contribution in [3.8, 4) is 11.5 Å². The van der Waals surface area contributed by atoms with Gasteiger partial charge in [0.1, 0.15) is 5.82 Å². The molecule has 25 heavy (non-hydrogen) atoms. The van der Waals surface area contributed by atoms with E-state index in [1.54, 1.807) is 0 Å². The average Bonchev–Trinajstić information content (AvgIpc) is 3.32. The van der Waals surface area contributed by atoms with Gasteiger partial charge in [-0.05, 0) is 37.1 Å². The van der Waals surface area contributed by atoms with Gasteiger partial charge in [-0.3, -0.25) is 0 Å². The zero-order valence-corrected chi connectivity index (χ0v) is 13.7. The van der Waals surface area contributed by atoms with Crippen LogP contribution in [0.5, 0.6) is 11.5 Å². The zero-order chi connectivity index (χ0) is 16.6. The molecule has 2 aliphatic rings. The second-order valence-electron chi connectivity index (χ2n) is 6.28. The summed E-state index contributed by atoms with van der Waals surface area (Å²) in [6, 6.07) is 13.9. The summed E-state index contributed by atoms with van der Waals surface area (Å²) in [5, 5.41) is 4.40. The Bertz CT molecular complexity index is 938. The molecule has 1 saturated heterocycles. The molecule has 1 aromatic heterocycles. The molecular formula is C19H18N4O2. The van der Waals surface area contributed by atoms with Crippen LogP contribution < -0.4 is 19.7 Å². The molecule has 6 nitrogen and oxygen atoms in total. The molecule has 0 aliphatic carbocycles. The SMILES string of the molecule is c1ccc2c(N3CCCC3)nc(Nc3ccc4c(c3)OCO4)nc2c1. The topological polar surface area (TPSA) is 59.5 Å². The number of rotatable bonds is 3. The van der Waals surface area contributed by atoms with Gasteiger partial charge in [-0.15, -0.1) is 0 Å². The maximum absolute atomic E-state index is 5.44. The molecule has 126 valence electrons. The number of aromatic nitrogens is 2. The van der Waals surface area contributed by atoms with Crippen LogP contribution in [0.15, 0.2) is 42.5 Å². The van der Waals surface area contributed by atoms with Crippen molar-refractivity contribution in [1.29, 1.82) is 0 Å². The van der Waals surface area contributed by atoms with E-state index in [9.17, 15) is 0 Å². The number of fused-ring (bicyclic) bond motifs is 2. The number of benzene rings is 2. The first-order valence-electron chi connectivity index (χ1n) is 8.55. The van der Waals surface area contributed by atoms with Crippen LogP contribution in [0.25, 0.3) is 10.9 Å². The molecule has 0 atom stereocenters. The van der Waals surface area contributed by atoms with Crippen LogP contribution in [0.3, 0.4) is 0 Å². The van der Waals surface area contributed by atoms with Crippen LogP contribution in [0.2, 0.25) is 0 Å². The molecule has 0 radical (unpaired) electrons. The van der Waals surface area contributed by atoms with E-state index in [-0.39, 0.29) is 6.79 Å². The van der Waals surface area contributed by atoms with E-state index in [4.69, 9.17) is 14.5 Å². The first kappa shape index (κ1) is 14.3. The van der Waals surface area contributed by atoms with E-state index in [1.807, 2.05) is 36.4 Å². The molecule has 2 aliphatic heterocycles. The van der Waals surface area contributed by atoms with Gasteiger partial charge in [0, 0.05) is 30.2 Å². The van der Waals surface area contributed by atoms with Gasteiger partial charge < -0.3 is 19.7 Å². The number of hydrogen-bond donors (Lipinski definition) is 1. The van der Waals surface area contributed by atoms with Crippen molar-refractivity contribution in [3.63, 3.8) is 0 Å². The molecule has 0 spiro atoms. The Morgan fingerprint density at radius 3 is 2.68 bits per heavy atom. The minimum atomic E-state index is 0.268. The van der Waals surface area contributed by atoms with Crippen molar-refractivity contribution in [2.75, 3.05) is 30.1 Å². The largest absolute Gasteiger partial charge is 0.454 e. The Morgan fingerprint density at radius 1 is 0.920 bits per heavy atom. The molecule has 0 bridgehead atoms. The summed E-state index contributed by atoms with van der Waals surface area (Å²) < 4.78 is 10.8. The van der Waals surface area contributed by atoms with Gasteiger partial charge >= 0.3 is 0 Å². The summed E-state index contributed by atoms with van der Waals surface area (Å²) in [5.41, 5.74) is 1.83. The molecule has 5 rings (SSSR count). The van der Waals surface area contributed by atoms with Crippen LogP contribution in [-0.2, 0) is 0 Å². The zero-order valence-electron chi connectivity index (χ0n) is 13.7. The lowest BCUT2D eigenvalue weighted by Gasteiger charge is -2.19. The molecule has 0 unspecified atom stereocenters. The van der Waals surface area contributed by atoms with Crippen LogP contribution in [0.1, 0.15) is 12.8 Å². The van der Waals surface area contributed by atoms with E-state index in [0.29, 0.717) is 5.95 Å². The molecule has 1 fully saturated rings. The maximum Gasteiger partial charge on any atom is 0.231 e. The van der Waals surface area contributed by atoms with Crippen molar-refractivity contribution in [1.82, 2.24) is 9.97 Å². The highest BCUT2D eigenvalue weighted by Crippen LogP contribution is 2.35. The number of nitrogens with one attached hydrogen (secondary N) is 1. The second kappa shape index (κ2) is 5.81. The molecule has 2 aromatic carbocycles. The highest BCUT2D eigenvalue weighted by molar-refractivity contribution is 5.91. The third-order valence-corrected chi connectivity index (χ3v) is 4.62. The minimum Gasteiger partial charge on any atom is -0.454 e. The summed E-state index contributed by atoms with van der Waals surface area (Å²) >= 11 is 0. The van der Waals surface area contributed by atoms with E-state index in [2.05, 4.69) is 21.3 Å². The summed E-state index contributed by atoms with van der Waals surface area (Å²) in [5.74, 6) is 3.11. The van der Waals surface area contributed by atoms with E-state index >= 15 is 0 Å². The summed E-state index contributed by atoms with van der Waals surface area (Å²) in [4.78, 5) is 11.8. The number of hydrogen-bond acceptors (Lipinski definition) is 6. The van der Waals surface area contributed by atoms with Crippen LogP contribution in [-0.4, -0.2) is 29.9 Å². The van der Waals surface area contributed by atoms with Gasteiger partial charge in [-0.2, -0.15) is 4.98 Å². The molecule has 0 amide bonds. The van der Waals surface area contributed by atoms with E-state index < -0.39 is 0 Å². The first-order chi connectivity index (χ1) is 12.4. The molecule has 6 heteroatoms. The van der Waals surface area contributed by atoms with Gasteiger partial charge in [0.2, 0.25) is 12.7 Å². The molecule has 3 heterocycles. The monoisotopic (exact) mass is 334 g/mol. The first-order valence-corrected chi connectivity index (χ1v) is 8.55. The smallest absolute Gasteiger partial charge is 0.231 e. The number of para-hydroxylation sites is 1. The Kier molecular flexibility index (Phi) is 3.33.